The predicted octanol–water partition coefficient (Wildman–Crippen LogP) is 4.15. The molecule has 8 heteroatoms. The average Bonchev–Trinajstić information content (AvgIpc) is 3.05. The molecular weight excluding hydrogens is 376 g/mol. The number of nitrogens with zero attached hydrogens (tertiary/aromatic N) is 3. The normalized spacial score (nSPS) is 18.2. The number of rotatable bonds is 6. The summed E-state index contributed by atoms with van der Waals surface area (Å²) in [5.41, 5.74) is 1.11. The van der Waals surface area contributed by atoms with E-state index in [2.05, 4.69) is 27.3 Å². The van der Waals surface area contributed by atoms with E-state index in [9.17, 15) is 4.79 Å². The molecule has 1 aromatic heterocycles. The molecule has 1 aromatic carbocycles. The van der Waals surface area contributed by atoms with E-state index in [-0.39, 0.29) is 11.8 Å². The third-order valence-electron chi connectivity index (χ3n) is 4.13. The van der Waals surface area contributed by atoms with Crippen LogP contribution in [-0.2, 0) is 11.3 Å². The molecule has 1 atom stereocenters. The number of anilines is 1. The maximum absolute atomic E-state index is 12.6. The summed E-state index contributed by atoms with van der Waals surface area (Å²) >= 11 is 9.32. The lowest BCUT2D eigenvalue weighted by atomic mass is 9.97. The number of nitrogens with one attached hydrogen (secondary N) is 1. The highest BCUT2D eigenvalue weighted by Crippen LogP contribution is 2.27. The Morgan fingerprint density at radius 3 is 3.08 bits per heavy atom. The first-order chi connectivity index (χ1) is 12.2. The second kappa shape index (κ2) is 8.98. The fourth-order valence-corrected chi connectivity index (χ4v) is 4.78. The monoisotopic (exact) mass is 396 g/mol. The molecule has 3 rings (SSSR count). The molecule has 1 saturated heterocycles. The zero-order valence-electron chi connectivity index (χ0n) is 14.1. The summed E-state index contributed by atoms with van der Waals surface area (Å²) < 4.78 is 0.891. The molecule has 2 aromatic rings. The number of halogens is 1. The summed E-state index contributed by atoms with van der Waals surface area (Å²) in [6, 6.07) is 7.88. The van der Waals surface area contributed by atoms with E-state index in [0.717, 1.165) is 53.2 Å². The first-order valence-electron chi connectivity index (χ1n) is 8.38. The minimum absolute atomic E-state index is 0.0255. The molecule has 2 heterocycles. The van der Waals surface area contributed by atoms with Crippen LogP contribution in [0.15, 0.2) is 28.6 Å². The van der Waals surface area contributed by atoms with Crippen molar-refractivity contribution in [3.63, 3.8) is 0 Å². The Balaban J connectivity index is 1.56. The SMILES string of the molecule is CCSc1nnc(NC(=O)[C@@H]2CCCN(Cc3ccccc3Cl)C2)s1. The summed E-state index contributed by atoms with van der Waals surface area (Å²) in [5, 5.41) is 12.4. The van der Waals surface area contributed by atoms with Crippen molar-refractivity contribution < 1.29 is 4.79 Å². The summed E-state index contributed by atoms with van der Waals surface area (Å²) in [5.74, 6) is 0.956. The van der Waals surface area contributed by atoms with Crippen molar-refractivity contribution in [2.24, 2.45) is 5.92 Å². The van der Waals surface area contributed by atoms with Gasteiger partial charge in [-0.2, -0.15) is 0 Å². The molecule has 0 saturated carbocycles. The highest BCUT2D eigenvalue weighted by Gasteiger charge is 2.26. The van der Waals surface area contributed by atoms with Gasteiger partial charge in [-0.1, -0.05) is 59.8 Å². The number of thioether (sulfide) groups is 1. The largest absolute Gasteiger partial charge is 0.300 e. The van der Waals surface area contributed by atoms with Gasteiger partial charge >= 0.3 is 0 Å². The van der Waals surface area contributed by atoms with E-state index >= 15 is 0 Å². The molecule has 1 amide bonds. The number of carbonyl (C=O) groups excluding carboxylic acids is 1. The third-order valence-corrected chi connectivity index (χ3v) is 6.36. The van der Waals surface area contributed by atoms with Crippen molar-refractivity contribution >= 4 is 45.7 Å². The van der Waals surface area contributed by atoms with E-state index in [1.807, 2.05) is 24.3 Å². The van der Waals surface area contributed by atoms with E-state index in [0.29, 0.717) is 5.13 Å². The number of likely N-dealkylation sites (tertiary alicyclic amines) is 1. The molecule has 5 nitrogen and oxygen atoms in total. The molecule has 0 spiro atoms. The molecule has 1 N–H and O–H groups in total. The standard InChI is InChI=1S/C17H21ClN4OS2/c1-2-24-17-21-20-16(25-17)19-15(23)13-7-5-9-22(11-13)10-12-6-3-4-8-14(12)18/h3-4,6,8,13H,2,5,7,9-11H2,1H3,(H,19,20,23)/t13-/m1/s1. The number of benzene rings is 1. The van der Waals surface area contributed by atoms with Gasteiger partial charge in [0.1, 0.15) is 0 Å². The lowest BCUT2D eigenvalue weighted by Gasteiger charge is -2.32. The van der Waals surface area contributed by atoms with Crippen LogP contribution in [0.25, 0.3) is 0 Å². The fourth-order valence-electron chi connectivity index (χ4n) is 2.93. The summed E-state index contributed by atoms with van der Waals surface area (Å²) in [6.45, 7) is 4.58. The number of piperidine rings is 1. The molecule has 0 bridgehead atoms. The zero-order chi connectivity index (χ0) is 17.6. The van der Waals surface area contributed by atoms with Crippen LogP contribution in [0.3, 0.4) is 0 Å². The molecule has 0 radical (unpaired) electrons. The molecule has 1 fully saturated rings. The van der Waals surface area contributed by atoms with E-state index in [4.69, 9.17) is 11.6 Å². The van der Waals surface area contributed by atoms with Crippen LogP contribution in [0, 0.1) is 5.92 Å². The van der Waals surface area contributed by atoms with Gasteiger partial charge in [-0.05, 0) is 36.8 Å². The van der Waals surface area contributed by atoms with Crippen molar-refractivity contribution in [2.45, 2.75) is 30.6 Å². The number of hydrogen-bond acceptors (Lipinski definition) is 6. The maximum Gasteiger partial charge on any atom is 0.230 e. The second-order valence-electron chi connectivity index (χ2n) is 5.96. The Morgan fingerprint density at radius 2 is 2.28 bits per heavy atom. The van der Waals surface area contributed by atoms with Gasteiger partial charge in [0, 0.05) is 18.1 Å². The smallest absolute Gasteiger partial charge is 0.230 e. The van der Waals surface area contributed by atoms with Gasteiger partial charge in [-0.3, -0.25) is 9.69 Å². The molecule has 25 heavy (non-hydrogen) atoms. The van der Waals surface area contributed by atoms with Crippen molar-refractivity contribution in [3.8, 4) is 0 Å². The first kappa shape index (κ1) is 18.6. The predicted molar refractivity (Wildman–Crippen MR) is 104 cm³/mol. The van der Waals surface area contributed by atoms with Gasteiger partial charge in [0.05, 0.1) is 5.92 Å². The molecular formula is C17H21ClN4OS2. The van der Waals surface area contributed by atoms with Crippen LogP contribution in [0.4, 0.5) is 5.13 Å². The second-order valence-corrected chi connectivity index (χ2v) is 8.86. The molecule has 0 unspecified atom stereocenters. The van der Waals surface area contributed by atoms with Crippen LogP contribution in [0.1, 0.15) is 25.3 Å². The van der Waals surface area contributed by atoms with Crippen LogP contribution in [0.5, 0.6) is 0 Å². The zero-order valence-corrected chi connectivity index (χ0v) is 16.5. The summed E-state index contributed by atoms with van der Waals surface area (Å²) in [6.07, 6.45) is 1.91. The van der Waals surface area contributed by atoms with Crippen molar-refractivity contribution in [1.82, 2.24) is 15.1 Å². The molecule has 1 aliphatic heterocycles. The topological polar surface area (TPSA) is 58.1 Å². The Morgan fingerprint density at radius 1 is 1.44 bits per heavy atom. The lowest BCUT2D eigenvalue weighted by molar-refractivity contribution is -0.121. The van der Waals surface area contributed by atoms with Crippen LogP contribution in [-0.4, -0.2) is 39.8 Å². The maximum atomic E-state index is 12.6. The van der Waals surface area contributed by atoms with Crippen molar-refractivity contribution in [1.29, 1.82) is 0 Å². The first-order valence-corrected chi connectivity index (χ1v) is 10.6. The van der Waals surface area contributed by atoms with Gasteiger partial charge in [-0.25, -0.2) is 0 Å². The quantitative estimate of drug-likeness (QED) is 0.587. The van der Waals surface area contributed by atoms with Gasteiger partial charge in [0.2, 0.25) is 11.0 Å². The van der Waals surface area contributed by atoms with Crippen LogP contribution < -0.4 is 5.32 Å². The van der Waals surface area contributed by atoms with Crippen LogP contribution >= 0.6 is 34.7 Å². The average molecular weight is 397 g/mol. The minimum atomic E-state index is -0.0255. The summed E-state index contributed by atoms with van der Waals surface area (Å²) in [7, 11) is 0. The fraction of sp³-hybridized carbons (Fsp3) is 0.471. The van der Waals surface area contributed by atoms with Crippen molar-refractivity contribution in [2.75, 3.05) is 24.2 Å². The molecule has 0 aliphatic carbocycles. The Labute approximate surface area is 161 Å². The Bertz CT molecular complexity index is 724. The number of aromatic nitrogens is 2. The highest BCUT2D eigenvalue weighted by atomic mass is 35.5. The van der Waals surface area contributed by atoms with E-state index in [1.54, 1.807) is 11.8 Å². The van der Waals surface area contributed by atoms with Crippen molar-refractivity contribution in [3.05, 3.63) is 34.9 Å². The number of carbonyl (C=O) groups is 1. The molecule has 134 valence electrons. The number of amides is 1. The Hall–Kier alpha value is -1.15. The molecule has 1 aliphatic rings. The van der Waals surface area contributed by atoms with Gasteiger partial charge in [-0.15, -0.1) is 10.2 Å². The van der Waals surface area contributed by atoms with Crippen LogP contribution in [0.2, 0.25) is 5.02 Å². The highest BCUT2D eigenvalue weighted by molar-refractivity contribution is 8.01. The summed E-state index contributed by atoms with van der Waals surface area (Å²) in [4.78, 5) is 14.9. The lowest BCUT2D eigenvalue weighted by Crippen LogP contribution is -2.40. The minimum Gasteiger partial charge on any atom is -0.300 e. The Kier molecular flexibility index (Phi) is 6.70. The van der Waals surface area contributed by atoms with Gasteiger partial charge in [0.25, 0.3) is 0 Å². The van der Waals surface area contributed by atoms with Gasteiger partial charge < -0.3 is 5.32 Å². The third kappa shape index (κ3) is 5.17. The van der Waals surface area contributed by atoms with E-state index < -0.39 is 0 Å². The number of hydrogen-bond donors (Lipinski definition) is 1. The van der Waals surface area contributed by atoms with E-state index in [1.165, 1.54) is 11.3 Å². The van der Waals surface area contributed by atoms with Gasteiger partial charge in [0.15, 0.2) is 4.34 Å².